The molecule has 0 aliphatic heterocycles. The van der Waals surface area contributed by atoms with Gasteiger partial charge in [-0.2, -0.15) is 0 Å². The quantitative estimate of drug-likeness (QED) is 0.455. The zero-order valence-corrected chi connectivity index (χ0v) is 14.4. The molecule has 12 heteroatoms. The molecule has 136 valence electrons. The number of aryl methyl sites for hydroxylation is 1. The fourth-order valence-corrected chi connectivity index (χ4v) is 2.80. The third-order valence-electron chi connectivity index (χ3n) is 3.06. The number of ether oxygens (including phenoxy) is 1. The first-order chi connectivity index (χ1) is 12.2. The summed E-state index contributed by atoms with van der Waals surface area (Å²) in [4.78, 5) is 48.3. The molecule has 1 aromatic heterocycles. The van der Waals surface area contributed by atoms with Gasteiger partial charge < -0.3 is 4.74 Å². The van der Waals surface area contributed by atoms with Crippen molar-refractivity contribution in [3.8, 4) is 0 Å². The van der Waals surface area contributed by atoms with Gasteiger partial charge in [0.1, 0.15) is 4.88 Å². The van der Waals surface area contributed by atoms with Crippen LogP contribution in [0.4, 0.5) is 16.5 Å². The van der Waals surface area contributed by atoms with E-state index in [0.717, 1.165) is 29.5 Å². The van der Waals surface area contributed by atoms with Gasteiger partial charge in [0.25, 0.3) is 17.3 Å². The van der Waals surface area contributed by atoms with Crippen molar-refractivity contribution in [1.82, 2.24) is 4.98 Å². The lowest BCUT2D eigenvalue weighted by Gasteiger charge is -2.02. The van der Waals surface area contributed by atoms with E-state index in [1.54, 1.807) is 13.8 Å². The first-order valence-electron chi connectivity index (χ1n) is 7.12. The highest BCUT2D eigenvalue weighted by atomic mass is 32.1. The molecule has 26 heavy (non-hydrogen) atoms. The Morgan fingerprint density at radius 2 is 1.77 bits per heavy atom. The molecule has 2 aromatic rings. The summed E-state index contributed by atoms with van der Waals surface area (Å²) in [6.07, 6.45) is 0. The van der Waals surface area contributed by atoms with Crippen LogP contribution in [0.15, 0.2) is 18.2 Å². The van der Waals surface area contributed by atoms with E-state index in [-0.39, 0.29) is 22.2 Å². The van der Waals surface area contributed by atoms with Crippen LogP contribution >= 0.6 is 11.3 Å². The number of nitro groups is 2. The number of hydrogen-bond acceptors (Lipinski definition) is 9. The SMILES string of the molecule is CCOC(=O)c1sc(NC(=O)c2cc([N+](=O)[O-])cc([N+](=O)[O-])c2)nc1C. The number of amides is 1. The van der Waals surface area contributed by atoms with Gasteiger partial charge in [-0.15, -0.1) is 0 Å². The predicted octanol–water partition coefficient (Wildman–Crippen LogP) is 2.70. The molecule has 0 aliphatic carbocycles. The van der Waals surface area contributed by atoms with E-state index in [4.69, 9.17) is 4.74 Å². The van der Waals surface area contributed by atoms with E-state index in [1.807, 2.05) is 0 Å². The van der Waals surface area contributed by atoms with Gasteiger partial charge in [-0.3, -0.25) is 30.3 Å². The Labute approximate surface area is 149 Å². The number of thiazole rings is 1. The zero-order valence-electron chi connectivity index (χ0n) is 13.5. The molecule has 0 radical (unpaired) electrons. The molecule has 1 aromatic carbocycles. The number of aromatic nitrogens is 1. The van der Waals surface area contributed by atoms with E-state index in [1.165, 1.54) is 0 Å². The van der Waals surface area contributed by atoms with Crippen molar-refractivity contribution >= 4 is 39.7 Å². The number of non-ortho nitro benzene ring substituents is 2. The number of hydrogen-bond donors (Lipinski definition) is 1. The number of benzene rings is 1. The Hall–Kier alpha value is -3.41. The lowest BCUT2D eigenvalue weighted by atomic mass is 10.1. The van der Waals surface area contributed by atoms with Gasteiger partial charge in [0.05, 0.1) is 33.8 Å². The largest absolute Gasteiger partial charge is 0.462 e. The van der Waals surface area contributed by atoms with Crippen LogP contribution in [-0.2, 0) is 4.74 Å². The first kappa shape index (κ1) is 18.9. The highest BCUT2D eigenvalue weighted by molar-refractivity contribution is 7.17. The van der Waals surface area contributed by atoms with E-state index in [9.17, 15) is 29.8 Å². The standard InChI is InChI=1S/C14H12N4O7S/c1-3-25-13(20)11-7(2)15-14(26-11)16-12(19)8-4-9(17(21)22)6-10(5-8)18(23)24/h4-6H,3H2,1-2H3,(H,15,16,19). The Bertz CT molecular complexity index is 876. The molecule has 1 heterocycles. The molecule has 0 unspecified atom stereocenters. The number of rotatable bonds is 6. The average Bonchev–Trinajstić information content (AvgIpc) is 2.94. The zero-order chi connectivity index (χ0) is 19.4. The number of carbonyl (C=O) groups excluding carboxylic acids is 2. The maximum Gasteiger partial charge on any atom is 0.350 e. The van der Waals surface area contributed by atoms with E-state index < -0.39 is 33.1 Å². The fraction of sp³-hybridized carbons (Fsp3) is 0.214. The lowest BCUT2D eigenvalue weighted by Crippen LogP contribution is -2.12. The van der Waals surface area contributed by atoms with Crippen molar-refractivity contribution in [3.63, 3.8) is 0 Å². The van der Waals surface area contributed by atoms with Gasteiger partial charge in [-0.25, -0.2) is 9.78 Å². The van der Waals surface area contributed by atoms with Gasteiger partial charge in [-0.1, -0.05) is 11.3 Å². The Balaban J connectivity index is 2.30. The van der Waals surface area contributed by atoms with Crippen LogP contribution in [0.5, 0.6) is 0 Å². The minimum atomic E-state index is -0.837. The van der Waals surface area contributed by atoms with Crippen LogP contribution < -0.4 is 5.32 Å². The number of anilines is 1. The lowest BCUT2D eigenvalue weighted by molar-refractivity contribution is -0.394. The molecule has 0 spiro atoms. The van der Waals surface area contributed by atoms with Crippen molar-refractivity contribution in [3.05, 3.63) is 54.6 Å². The molecule has 1 amide bonds. The van der Waals surface area contributed by atoms with Crippen LogP contribution in [0.1, 0.15) is 32.6 Å². The van der Waals surface area contributed by atoms with Crippen molar-refractivity contribution in [2.45, 2.75) is 13.8 Å². The summed E-state index contributed by atoms with van der Waals surface area (Å²) in [6, 6.07) is 2.58. The second-order valence-corrected chi connectivity index (χ2v) is 5.86. The second kappa shape index (κ2) is 7.65. The molecule has 0 saturated carbocycles. The van der Waals surface area contributed by atoms with Crippen LogP contribution in [0.2, 0.25) is 0 Å². The molecule has 0 atom stereocenters. The number of carbonyl (C=O) groups is 2. The molecular weight excluding hydrogens is 368 g/mol. The van der Waals surface area contributed by atoms with Gasteiger partial charge in [0, 0.05) is 12.1 Å². The van der Waals surface area contributed by atoms with Crippen molar-refractivity contribution in [2.24, 2.45) is 0 Å². The summed E-state index contributed by atoms with van der Waals surface area (Å²) >= 11 is 0.866. The van der Waals surface area contributed by atoms with E-state index >= 15 is 0 Å². The van der Waals surface area contributed by atoms with Gasteiger partial charge in [0.15, 0.2) is 5.13 Å². The summed E-state index contributed by atoms with van der Waals surface area (Å²) in [5.41, 5.74) is -1.12. The van der Waals surface area contributed by atoms with Crippen LogP contribution in [0, 0.1) is 27.2 Å². The minimum absolute atomic E-state index is 0.0599. The van der Waals surface area contributed by atoms with Crippen molar-refractivity contribution in [2.75, 3.05) is 11.9 Å². The maximum absolute atomic E-state index is 12.3. The highest BCUT2D eigenvalue weighted by Gasteiger charge is 2.22. The third kappa shape index (κ3) is 4.16. The molecule has 2 rings (SSSR count). The first-order valence-corrected chi connectivity index (χ1v) is 7.94. The summed E-state index contributed by atoms with van der Waals surface area (Å²) < 4.78 is 4.86. The number of nitrogens with one attached hydrogen (secondary N) is 1. The number of esters is 1. The maximum atomic E-state index is 12.3. The summed E-state index contributed by atoms with van der Waals surface area (Å²) in [5.74, 6) is -1.42. The molecule has 1 N–H and O–H groups in total. The molecule has 0 saturated heterocycles. The molecule has 0 fully saturated rings. The Morgan fingerprint density at radius 1 is 1.19 bits per heavy atom. The number of nitrogens with zero attached hydrogens (tertiary/aromatic N) is 3. The third-order valence-corrected chi connectivity index (χ3v) is 4.12. The van der Waals surface area contributed by atoms with E-state index in [0.29, 0.717) is 5.69 Å². The highest BCUT2D eigenvalue weighted by Crippen LogP contribution is 2.26. The molecule has 0 aliphatic rings. The monoisotopic (exact) mass is 380 g/mol. The molecule has 0 bridgehead atoms. The normalized spacial score (nSPS) is 10.2. The average molecular weight is 380 g/mol. The smallest absolute Gasteiger partial charge is 0.350 e. The second-order valence-electron chi connectivity index (χ2n) is 4.86. The van der Waals surface area contributed by atoms with Crippen LogP contribution in [-0.4, -0.2) is 33.3 Å². The topological polar surface area (TPSA) is 155 Å². The Kier molecular flexibility index (Phi) is 5.57. The minimum Gasteiger partial charge on any atom is -0.462 e. The molecule has 11 nitrogen and oxygen atoms in total. The summed E-state index contributed by atoms with van der Waals surface area (Å²) in [5, 5.41) is 24.2. The molecular formula is C14H12N4O7S. The van der Waals surface area contributed by atoms with Crippen LogP contribution in [0.3, 0.4) is 0 Å². The van der Waals surface area contributed by atoms with Gasteiger partial charge in [0.2, 0.25) is 0 Å². The predicted molar refractivity (Wildman–Crippen MR) is 90.5 cm³/mol. The van der Waals surface area contributed by atoms with Gasteiger partial charge in [-0.05, 0) is 13.8 Å². The van der Waals surface area contributed by atoms with Crippen molar-refractivity contribution < 1.29 is 24.2 Å². The van der Waals surface area contributed by atoms with E-state index in [2.05, 4.69) is 10.3 Å². The fourth-order valence-electron chi connectivity index (χ4n) is 1.94. The Morgan fingerprint density at radius 3 is 2.27 bits per heavy atom. The summed E-state index contributed by atoms with van der Waals surface area (Å²) in [6.45, 7) is 3.37. The van der Waals surface area contributed by atoms with Crippen LogP contribution in [0.25, 0.3) is 0 Å². The summed E-state index contributed by atoms with van der Waals surface area (Å²) in [7, 11) is 0. The van der Waals surface area contributed by atoms with Gasteiger partial charge >= 0.3 is 5.97 Å². The van der Waals surface area contributed by atoms with Crippen molar-refractivity contribution in [1.29, 1.82) is 0 Å². The number of nitro benzene ring substituents is 2.